The van der Waals surface area contributed by atoms with E-state index in [9.17, 15) is 14.4 Å². The van der Waals surface area contributed by atoms with Crippen LogP contribution in [0.4, 0.5) is 0 Å². The van der Waals surface area contributed by atoms with Crippen LogP contribution in [-0.4, -0.2) is 63.4 Å². The van der Waals surface area contributed by atoms with Gasteiger partial charge in [0.1, 0.15) is 12.2 Å². The lowest BCUT2D eigenvalue weighted by molar-refractivity contribution is -0.137. The first kappa shape index (κ1) is 14.1. The summed E-state index contributed by atoms with van der Waals surface area (Å²) in [5.74, 6) is -1.18. The SMILES string of the molecule is CC(=O)N1CCN(C(=O)c2cccn2CC(=O)O)CC1. The predicted molar refractivity (Wildman–Crippen MR) is 70.2 cm³/mol. The van der Waals surface area contributed by atoms with E-state index >= 15 is 0 Å². The number of nitrogens with zero attached hydrogens (tertiary/aromatic N) is 3. The molecular weight excluding hydrogens is 262 g/mol. The Bertz CT molecular complexity index is 529. The number of carbonyl (C=O) groups is 3. The summed E-state index contributed by atoms with van der Waals surface area (Å²) in [4.78, 5) is 37.7. The van der Waals surface area contributed by atoms with Gasteiger partial charge in [0.15, 0.2) is 0 Å². The Morgan fingerprint density at radius 1 is 1.15 bits per heavy atom. The fraction of sp³-hybridized carbons (Fsp3) is 0.462. The quantitative estimate of drug-likeness (QED) is 0.836. The highest BCUT2D eigenvalue weighted by Crippen LogP contribution is 2.10. The third-order valence-electron chi connectivity index (χ3n) is 3.37. The van der Waals surface area contributed by atoms with E-state index in [2.05, 4.69) is 0 Å². The van der Waals surface area contributed by atoms with Gasteiger partial charge in [0.2, 0.25) is 5.91 Å². The van der Waals surface area contributed by atoms with E-state index in [4.69, 9.17) is 5.11 Å². The number of aromatic nitrogens is 1. The largest absolute Gasteiger partial charge is 0.480 e. The zero-order valence-electron chi connectivity index (χ0n) is 11.3. The van der Waals surface area contributed by atoms with E-state index < -0.39 is 5.97 Å². The van der Waals surface area contributed by atoms with E-state index in [1.54, 1.807) is 28.1 Å². The summed E-state index contributed by atoms with van der Waals surface area (Å²) in [6.07, 6.45) is 1.58. The van der Waals surface area contributed by atoms with Crippen LogP contribution in [0.5, 0.6) is 0 Å². The maximum Gasteiger partial charge on any atom is 0.323 e. The van der Waals surface area contributed by atoms with E-state index in [-0.39, 0.29) is 18.4 Å². The maximum absolute atomic E-state index is 12.3. The second-order valence-corrected chi connectivity index (χ2v) is 4.71. The standard InChI is InChI=1S/C13H17N3O4/c1-10(17)14-5-7-15(8-6-14)13(20)11-3-2-4-16(11)9-12(18)19/h2-4H,5-9H2,1H3,(H,18,19). The van der Waals surface area contributed by atoms with Crippen molar-refractivity contribution in [1.82, 2.24) is 14.4 Å². The molecule has 0 atom stereocenters. The molecule has 0 spiro atoms. The average Bonchev–Trinajstić information content (AvgIpc) is 2.85. The average molecular weight is 279 g/mol. The van der Waals surface area contributed by atoms with Gasteiger partial charge < -0.3 is 19.5 Å². The first-order chi connectivity index (χ1) is 9.49. The molecule has 1 N–H and O–H groups in total. The van der Waals surface area contributed by atoms with E-state index in [0.717, 1.165) is 0 Å². The summed E-state index contributed by atoms with van der Waals surface area (Å²) in [6.45, 7) is 3.24. The zero-order chi connectivity index (χ0) is 14.7. The fourth-order valence-corrected chi connectivity index (χ4v) is 2.28. The molecule has 0 unspecified atom stereocenters. The van der Waals surface area contributed by atoms with Crippen LogP contribution in [0.25, 0.3) is 0 Å². The number of aliphatic carboxylic acids is 1. The summed E-state index contributed by atoms with van der Waals surface area (Å²) >= 11 is 0. The molecule has 2 heterocycles. The molecule has 20 heavy (non-hydrogen) atoms. The molecule has 0 bridgehead atoms. The normalized spacial score (nSPS) is 15.2. The highest BCUT2D eigenvalue weighted by Gasteiger charge is 2.25. The number of hydrogen-bond acceptors (Lipinski definition) is 3. The number of carboxylic acid groups (broad SMARTS) is 1. The summed E-state index contributed by atoms with van der Waals surface area (Å²) < 4.78 is 1.42. The van der Waals surface area contributed by atoms with Crippen LogP contribution in [0.1, 0.15) is 17.4 Å². The fourth-order valence-electron chi connectivity index (χ4n) is 2.28. The van der Waals surface area contributed by atoms with Crippen molar-refractivity contribution in [3.8, 4) is 0 Å². The molecule has 2 amide bonds. The van der Waals surface area contributed by atoms with Crippen molar-refractivity contribution in [2.75, 3.05) is 26.2 Å². The van der Waals surface area contributed by atoms with Crippen LogP contribution < -0.4 is 0 Å². The van der Waals surface area contributed by atoms with Crippen LogP contribution in [0.15, 0.2) is 18.3 Å². The van der Waals surface area contributed by atoms with Crippen molar-refractivity contribution in [2.45, 2.75) is 13.5 Å². The van der Waals surface area contributed by atoms with Crippen LogP contribution in [0.3, 0.4) is 0 Å². The Balaban J connectivity index is 2.04. The van der Waals surface area contributed by atoms with Gasteiger partial charge in [-0.25, -0.2) is 0 Å². The molecule has 0 aromatic carbocycles. The molecule has 1 aliphatic rings. The molecule has 1 fully saturated rings. The Morgan fingerprint density at radius 3 is 2.30 bits per heavy atom. The highest BCUT2D eigenvalue weighted by molar-refractivity contribution is 5.93. The van der Waals surface area contributed by atoms with E-state index in [1.807, 2.05) is 0 Å². The lowest BCUT2D eigenvalue weighted by Gasteiger charge is -2.34. The Hall–Kier alpha value is -2.31. The molecule has 1 saturated heterocycles. The van der Waals surface area contributed by atoms with Crippen molar-refractivity contribution in [3.63, 3.8) is 0 Å². The monoisotopic (exact) mass is 279 g/mol. The molecule has 0 radical (unpaired) electrons. The molecule has 108 valence electrons. The molecule has 1 aromatic heterocycles. The number of hydrogen-bond donors (Lipinski definition) is 1. The lowest BCUT2D eigenvalue weighted by atomic mass is 10.2. The number of amides is 2. The molecule has 2 rings (SSSR count). The van der Waals surface area contributed by atoms with Gasteiger partial charge in [-0.3, -0.25) is 14.4 Å². The number of carboxylic acids is 1. The predicted octanol–water partition coefficient (Wildman–Crippen LogP) is -0.123. The van der Waals surface area contributed by atoms with Gasteiger partial charge >= 0.3 is 5.97 Å². The number of piperazine rings is 1. The number of carbonyl (C=O) groups excluding carboxylic acids is 2. The summed E-state index contributed by atoms with van der Waals surface area (Å²) in [5.41, 5.74) is 0.365. The molecule has 7 nitrogen and oxygen atoms in total. The Kier molecular flexibility index (Phi) is 4.07. The van der Waals surface area contributed by atoms with Crippen molar-refractivity contribution in [3.05, 3.63) is 24.0 Å². The minimum absolute atomic E-state index is 0.00588. The number of rotatable bonds is 3. The van der Waals surface area contributed by atoms with Crippen molar-refractivity contribution < 1.29 is 19.5 Å². The van der Waals surface area contributed by atoms with Crippen LogP contribution in [0, 0.1) is 0 Å². The molecule has 0 saturated carbocycles. The maximum atomic E-state index is 12.3. The van der Waals surface area contributed by atoms with Gasteiger partial charge in [0, 0.05) is 39.3 Å². The van der Waals surface area contributed by atoms with Crippen LogP contribution in [0.2, 0.25) is 0 Å². The van der Waals surface area contributed by atoms with Gasteiger partial charge in [-0.05, 0) is 12.1 Å². The molecule has 7 heteroatoms. The van der Waals surface area contributed by atoms with Crippen molar-refractivity contribution >= 4 is 17.8 Å². The van der Waals surface area contributed by atoms with Gasteiger partial charge in [-0.2, -0.15) is 0 Å². The summed E-state index contributed by atoms with van der Waals surface area (Å²) in [5, 5.41) is 8.81. The third kappa shape index (κ3) is 2.98. The van der Waals surface area contributed by atoms with Crippen LogP contribution in [-0.2, 0) is 16.1 Å². The van der Waals surface area contributed by atoms with Crippen molar-refractivity contribution in [1.29, 1.82) is 0 Å². The topological polar surface area (TPSA) is 82.9 Å². The molecule has 1 aliphatic heterocycles. The smallest absolute Gasteiger partial charge is 0.323 e. The second kappa shape index (κ2) is 5.77. The zero-order valence-corrected chi connectivity index (χ0v) is 11.3. The lowest BCUT2D eigenvalue weighted by Crippen LogP contribution is -2.50. The molecular formula is C13H17N3O4. The minimum atomic E-state index is -0.989. The van der Waals surface area contributed by atoms with Gasteiger partial charge in [-0.1, -0.05) is 0 Å². The Morgan fingerprint density at radius 2 is 1.75 bits per heavy atom. The second-order valence-electron chi connectivity index (χ2n) is 4.71. The van der Waals surface area contributed by atoms with E-state index in [0.29, 0.717) is 31.9 Å². The van der Waals surface area contributed by atoms with Crippen LogP contribution >= 0.6 is 0 Å². The Labute approximate surface area is 116 Å². The third-order valence-corrected chi connectivity index (χ3v) is 3.37. The van der Waals surface area contributed by atoms with Crippen molar-refractivity contribution in [2.24, 2.45) is 0 Å². The molecule has 0 aliphatic carbocycles. The minimum Gasteiger partial charge on any atom is -0.480 e. The first-order valence-electron chi connectivity index (χ1n) is 6.41. The summed E-state index contributed by atoms with van der Waals surface area (Å²) in [7, 11) is 0. The van der Waals surface area contributed by atoms with E-state index in [1.165, 1.54) is 11.5 Å². The highest BCUT2D eigenvalue weighted by atomic mass is 16.4. The van der Waals surface area contributed by atoms with Gasteiger partial charge in [0.25, 0.3) is 5.91 Å². The van der Waals surface area contributed by atoms with Gasteiger partial charge in [0.05, 0.1) is 0 Å². The molecule has 1 aromatic rings. The van der Waals surface area contributed by atoms with Gasteiger partial charge in [-0.15, -0.1) is 0 Å². The summed E-state index contributed by atoms with van der Waals surface area (Å²) in [6, 6.07) is 3.27. The first-order valence-corrected chi connectivity index (χ1v) is 6.41.